The fourth-order valence-electron chi connectivity index (χ4n) is 0.644. The number of hydrogen-bond acceptors (Lipinski definition) is 10. The van der Waals surface area contributed by atoms with Crippen LogP contribution in [0.15, 0.2) is 0 Å². The van der Waals surface area contributed by atoms with Crippen LogP contribution in [0, 0.1) is 0 Å². The van der Waals surface area contributed by atoms with Crippen molar-refractivity contribution in [3.8, 4) is 0 Å². The molecule has 0 radical (unpaired) electrons. The molecule has 0 aromatic carbocycles. The number of aliphatic hydroxyl groups is 4. The average Bonchev–Trinajstić information content (AvgIpc) is 2.22. The number of carbonyl (C=O) groups excluding carboxylic acids is 1. The van der Waals surface area contributed by atoms with E-state index < -0.39 is 41.4 Å². The van der Waals surface area contributed by atoms with Gasteiger partial charge < -0.3 is 40.1 Å². The molecule has 0 saturated carbocycles. The second-order valence-corrected chi connectivity index (χ2v) is 3.67. The summed E-state index contributed by atoms with van der Waals surface area (Å²) >= 11 is 0. The molecule has 0 rings (SSSR count). The number of nitrogens with two attached hydrogens (primary N) is 1. The fourth-order valence-corrected chi connectivity index (χ4v) is 0.644. The molecule has 0 aliphatic carbocycles. The minimum absolute atomic E-state index is 0. The van der Waals surface area contributed by atoms with Crippen molar-refractivity contribution in [2.45, 2.75) is 24.4 Å². The Bertz CT molecular complexity index is 306. The average molecular weight is 321 g/mol. The van der Waals surface area contributed by atoms with Gasteiger partial charge in [0.2, 0.25) is 0 Å². The molecule has 6 N–H and O–H groups in total. The summed E-state index contributed by atoms with van der Waals surface area (Å²) in [5.41, 5.74) is 5.04. The zero-order valence-electron chi connectivity index (χ0n) is 10.4. The zero-order valence-corrected chi connectivity index (χ0v) is 15.2. The van der Waals surface area contributed by atoms with Crippen LogP contribution in [0.2, 0.25) is 0 Å². The molecule has 104 valence electrons. The van der Waals surface area contributed by atoms with Gasteiger partial charge in [0.15, 0.2) is 0 Å². The standard InChI is InChI=1S/C6H13NO5.2Na.H2O4S/c7-3(1-8)5(11)6(12)4(10)2-9;;;1-5(2,3)4/h1,3-6,9-12H,2,7H2;;;(H2,1,2,3,4)/q;2*+1;/p-2/t3-,4+,5+,6+;;;/m0.../s1. The van der Waals surface area contributed by atoms with Crippen molar-refractivity contribution in [1.29, 1.82) is 0 Å². The summed E-state index contributed by atoms with van der Waals surface area (Å²) in [5, 5.41) is 35.2. The van der Waals surface area contributed by atoms with E-state index in [1.54, 1.807) is 0 Å². The third-order valence-corrected chi connectivity index (χ3v) is 1.48. The number of hydrogen-bond donors (Lipinski definition) is 5. The molecule has 4 atom stereocenters. The quantitative estimate of drug-likeness (QED) is 0.140. The smallest absolute Gasteiger partial charge is 0.759 e. The van der Waals surface area contributed by atoms with Crippen LogP contribution < -0.4 is 64.8 Å². The Morgan fingerprint density at radius 3 is 1.63 bits per heavy atom. The van der Waals surface area contributed by atoms with Crippen molar-refractivity contribution >= 4 is 16.7 Å². The van der Waals surface area contributed by atoms with Gasteiger partial charge in [0, 0.05) is 10.4 Å². The van der Waals surface area contributed by atoms with Crippen LogP contribution >= 0.6 is 0 Å². The van der Waals surface area contributed by atoms with Crippen LogP contribution in [0.3, 0.4) is 0 Å². The van der Waals surface area contributed by atoms with E-state index in [1.807, 2.05) is 0 Å². The van der Waals surface area contributed by atoms with E-state index in [-0.39, 0.29) is 65.4 Å². The summed E-state index contributed by atoms with van der Waals surface area (Å²) in [6.07, 6.45) is -4.43. The molecule has 19 heavy (non-hydrogen) atoms. The molecule has 13 heteroatoms. The van der Waals surface area contributed by atoms with Gasteiger partial charge in [-0.25, -0.2) is 0 Å². The van der Waals surface area contributed by atoms with Crippen molar-refractivity contribution in [2.75, 3.05) is 6.61 Å². The molecule has 0 fully saturated rings. The second-order valence-electron chi connectivity index (χ2n) is 2.85. The maximum atomic E-state index is 10.0. The molecule has 0 aromatic heterocycles. The van der Waals surface area contributed by atoms with Gasteiger partial charge in [-0.05, 0) is 0 Å². The summed E-state index contributed by atoms with van der Waals surface area (Å²) in [5.74, 6) is 0. The Morgan fingerprint density at radius 2 is 1.42 bits per heavy atom. The molecular weight excluding hydrogens is 308 g/mol. The van der Waals surface area contributed by atoms with Crippen LogP contribution in [0.5, 0.6) is 0 Å². The summed E-state index contributed by atoms with van der Waals surface area (Å²) in [6.45, 7) is -0.705. The molecule has 0 spiro atoms. The van der Waals surface area contributed by atoms with Crippen LogP contribution in [-0.2, 0) is 15.2 Å². The number of rotatable bonds is 5. The first-order valence-corrected chi connectivity index (χ1v) is 5.40. The van der Waals surface area contributed by atoms with Gasteiger partial charge in [-0.15, -0.1) is 0 Å². The van der Waals surface area contributed by atoms with Crippen LogP contribution in [0.25, 0.3) is 0 Å². The van der Waals surface area contributed by atoms with E-state index in [0.29, 0.717) is 0 Å². The van der Waals surface area contributed by atoms with Gasteiger partial charge in [0.05, 0.1) is 12.6 Å². The second kappa shape index (κ2) is 14.3. The number of carbonyl (C=O) groups is 1. The fraction of sp³-hybridized carbons (Fsp3) is 0.833. The van der Waals surface area contributed by atoms with Gasteiger partial charge >= 0.3 is 59.1 Å². The third-order valence-electron chi connectivity index (χ3n) is 1.48. The van der Waals surface area contributed by atoms with E-state index >= 15 is 0 Å². The Kier molecular flexibility index (Phi) is 21.4. The number of aliphatic hydroxyl groups excluding tert-OH is 4. The Balaban J connectivity index is -0.000000139. The molecule has 0 aromatic rings. The van der Waals surface area contributed by atoms with E-state index in [2.05, 4.69) is 0 Å². The first kappa shape index (κ1) is 28.5. The van der Waals surface area contributed by atoms with E-state index in [4.69, 9.17) is 43.7 Å². The Morgan fingerprint density at radius 1 is 1.11 bits per heavy atom. The molecule has 0 amide bonds. The summed E-state index contributed by atoms with van der Waals surface area (Å²) in [7, 11) is -5.17. The van der Waals surface area contributed by atoms with Crippen LogP contribution in [-0.4, -0.2) is 75.2 Å². The largest absolute Gasteiger partial charge is 1.00 e. The minimum atomic E-state index is -5.17. The van der Waals surface area contributed by atoms with Gasteiger partial charge in [-0.3, -0.25) is 8.42 Å². The van der Waals surface area contributed by atoms with Gasteiger partial charge in [0.1, 0.15) is 24.6 Å². The van der Waals surface area contributed by atoms with Crippen molar-refractivity contribution in [1.82, 2.24) is 0 Å². The molecule has 0 aliphatic rings. The van der Waals surface area contributed by atoms with E-state index in [9.17, 15) is 4.79 Å². The van der Waals surface area contributed by atoms with Crippen molar-refractivity contribution in [2.24, 2.45) is 5.73 Å². The predicted octanol–water partition coefficient (Wildman–Crippen LogP) is -10.7. The van der Waals surface area contributed by atoms with Crippen molar-refractivity contribution < 1.29 is 102 Å². The normalized spacial score (nSPS) is 16.4. The molecule has 0 saturated heterocycles. The predicted molar refractivity (Wildman–Crippen MR) is 49.6 cm³/mol. The topological polar surface area (TPSA) is 204 Å². The number of aldehydes is 1. The first-order chi connectivity index (χ1) is 7.54. The van der Waals surface area contributed by atoms with Crippen LogP contribution in [0.4, 0.5) is 0 Å². The Labute approximate surface area is 154 Å². The summed E-state index contributed by atoms with van der Waals surface area (Å²) in [6, 6.07) is -1.26. The van der Waals surface area contributed by atoms with Crippen LogP contribution in [0.1, 0.15) is 0 Å². The molecule has 0 unspecified atom stereocenters. The van der Waals surface area contributed by atoms with Gasteiger partial charge in [-0.1, -0.05) is 0 Å². The third kappa shape index (κ3) is 19.3. The Hall–Kier alpha value is 1.34. The van der Waals surface area contributed by atoms with Crippen molar-refractivity contribution in [3.05, 3.63) is 0 Å². The molecule has 0 heterocycles. The molecule has 0 bridgehead atoms. The molecule has 0 aliphatic heterocycles. The summed E-state index contributed by atoms with van der Waals surface area (Å²) < 4.78 is 34.1. The van der Waals surface area contributed by atoms with Gasteiger partial charge in [0.25, 0.3) is 0 Å². The molecular formula is C6H13NNa2O9S. The van der Waals surface area contributed by atoms with E-state index in [0.717, 1.165) is 0 Å². The maximum absolute atomic E-state index is 10.0. The maximum Gasteiger partial charge on any atom is 1.00 e. The first-order valence-electron chi connectivity index (χ1n) is 4.07. The molecule has 10 nitrogen and oxygen atoms in total. The minimum Gasteiger partial charge on any atom is -0.759 e. The zero-order chi connectivity index (χ0) is 14.2. The van der Waals surface area contributed by atoms with E-state index in [1.165, 1.54) is 0 Å². The van der Waals surface area contributed by atoms with Crippen molar-refractivity contribution in [3.63, 3.8) is 0 Å². The summed E-state index contributed by atoms with van der Waals surface area (Å²) in [4.78, 5) is 10.0. The SMILES string of the molecule is N[C@@H](C=O)[C@@H](O)[C@H](O)[C@H](O)CO.O=S(=O)([O-])[O-].[Na+].[Na+]. The monoisotopic (exact) mass is 321 g/mol. The van der Waals surface area contributed by atoms with Gasteiger partial charge in [-0.2, -0.15) is 0 Å².